The van der Waals surface area contributed by atoms with Gasteiger partial charge in [0, 0.05) is 35.7 Å². The fourth-order valence-electron chi connectivity index (χ4n) is 3.58. The summed E-state index contributed by atoms with van der Waals surface area (Å²) in [5.41, 5.74) is 5.33. The van der Waals surface area contributed by atoms with Crippen LogP contribution in [-0.2, 0) is 13.1 Å². The Kier molecular flexibility index (Phi) is 7.22. The minimum Gasteiger partial charge on any atom is -0.345 e. The Morgan fingerprint density at radius 2 is 1.90 bits per heavy atom. The number of halogens is 1. The minimum atomic E-state index is -0.0776. The molecule has 1 N–H and O–H groups in total. The van der Waals surface area contributed by atoms with Crippen molar-refractivity contribution in [2.75, 3.05) is 11.9 Å². The second-order valence-electron chi connectivity index (χ2n) is 8.28. The molecule has 0 unspecified atom stereocenters. The van der Waals surface area contributed by atoms with E-state index < -0.39 is 0 Å². The highest BCUT2D eigenvalue weighted by Gasteiger charge is 2.18. The topological polar surface area (TPSA) is 37.3 Å². The monoisotopic (exact) mass is 423 g/mol. The average molecular weight is 424 g/mol. The van der Waals surface area contributed by atoms with Crippen LogP contribution in [0.2, 0.25) is 5.02 Å². The summed E-state index contributed by atoms with van der Waals surface area (Å²) in [6.07, 6.45) is 2.05. The van der Waals surface area contributed by atoms with Gasteiger partial charge in [0.1, 0.15) is 0 Å². The molecule has 0 bridgehead atoms. The highest BCUT2D eigenvalue weighted by molar-refractivity contribution is 6.30. The molecule has 1 heterocycles. The van der Waals surface area contributed by atoms with E-state index in [2.05, 4.69) is 48.9 Å². The Bertz CT molecular complexity index is 1010. The van der Waals surface area contributed by atoms with Gasteiger partial charge in [0.05, 0.1) is 6.54 Å². The quantitative estimate of drug-likeness (QED) is 0.462. The van der Waals surface area contributed by atoms with E-state index >= 15 is 0 Å². The van der Waals surface area contributed by atoms with Crippen LogP contribution in [0.25, 0.3) is 0 Å². The first-order chi connectivity index (χ1) is 14.3. The Labute approximate surface area is 184 Å². The van der Waals surface area contributed by atoms with Gasteiger partial charge in [0.2, 0.25) is 0 Å². The van der Waals surface area contributed by atoms with Gasteiger partial charge in [-0.3, -0.25) is 0 Å². The van der Waals surface area contributed by atoms with Gasteiger partial charge in [-0.05, 0) is 61.2 Å². The molecule has 0 saturated heterocycles. The number of amides is 2. The summed E-state index contributed by atoms with van der Waals surface area (Å²) < 4.78 is 2.17. The zero-order chi connectivity index (χ0) is 21.7. The molecule has 0 saturated carbocycles. The lowest BCUT2D eigenvalue weighted by Crippen LogP contribution is -2.37. The minimum absolute atomic E-state index is 0.0776. The number of rotatable bonds is 7. The molecule has 30 heavy (non-hydrogen) atoms. The van der Waals surface area contributed by atoms with Gasteiger partial charge in [0.15, 0.2) is 0 Å². The number of carbonyl (C=O) groups excluding carboxylic acids is 1. The van der Waals surface area contributed by atoms with Crippen molar-refractivity contribution in [1.82, 2.24) is 9.47 Å². The van der Waals surface area contributed by atoms with Crippen LogP contribution in [0.1, 0.15) is 36.2 Å². The van der Waals surface area contributed by atoms with Gasteiger partial charge in [-0.1, -0.05) is 55.3 Å². The van der Waals surface area contributed by atoms with Crippen LogP contribution in [0.4, 0.5) is 10.5 Å². The molecule has 3 aromatic rings. The largest absolute Gasteiger partial charge is 0.345 e. The molecular formula is C25H30ClN3O. The predicted octanol–water partition coefficient (Wildman–Crippen LogP) is 6.50. The molecule has 0 radical (unpaired) electrons. The lowest BCUT2D eigenvalue weighted by atomic mass is 10.1. The summed E-state index contributed by atoms with van der Waals surface area (Å²) in [7, 11) is 0. The van der Waals surface area contributed by atoms with Crippen LogP contribution in [0.3, 0.4) is 0 Å². The van der Waals surface area contributed by atoms with Gasteiger partial charge in [-0.25, -0.2) is 4.79 Å². The second kappa shape index (κ2) is 9.86. The van der Waals surface area contributed by atoms with Crippen LogP contribution < -0.4 is 5.32 Å². The van der Waals surface area contributed by atoms with E-state index in [-0.39, 0.29) is 6.03 Å². The van der Waals surface area contributed by atoms with Crippen molar-refractivity contribution >= 4 is 23.3 Å². The summed E-state index contributed by atoms with van der Waals surface area (Å²) in [6, 6.07) is 18.0. The molecule has 0 atom stereocenters. The smallest absolute Gasteiger partial charge is 0.322 e. The van der Waals surface area contributed by atoms with E-state index in [1.54, 1.807) is 0 Å². The number of nitrogens with zero attached hydrogens (tertiary/aromatic N) is 2. The van der Waals surface area contributed by atoms with Gasteiger partial charge >= 0.3 is 6.03 Å². The number of benzene rings is 2. The van der Waals surface area contributed by atoms with Crippen molar-refractivity contribution in [3.8, 4) is 0 Å². The van der Waals surface area contributed by atoms with Crippen molar-refractivity contribution in [1.29, 1.82) is 0 Å². The van der Waals surface area contributed by atoms with Gasteiger partial charge in [0.25, 0.3) is 0 Å². The number of hydrogen-bond acceptors (Lipinski definition) is 1. The molecule has 0 aliphatic rings. The van der Waals surface area contributed by atoms with Crippen molar-refractivity contribution in [3.63, 3.8) is 0 Å². The van der Waals surface area contributed by atoms with E-state index in [0.717, 1.165) is 34.1 Å². The van der Waals surface area contributed by atoms with Gasteiger partial charge < -0.3 is 14.8 Å². The number of hydrogen-bond donors (Lipinski definition) is 1. The van der Waals surface area contributed by atoms with Crippen LogP contribution in [0.15, 0.2) is 60.8 Å². The Hall–Kier alpha value is -2.72. The number of carbonyl (C=O) groups is 1. The highest BCUT2D eigenvalue weighted by Crippen LogP contribution is 2.19. The first-order valence-corrected chi connectivity index (χ1v) is 10.7. The molecule has 158 valence electrons. The van der Waals surface area contributed by atoms with Crippen molar-refractivity contribution < 1.29 is 4.79 Å². The molecule has 2 aromatic carbocycles. The molecule has 1 aromatic heterocycles. The third-order valence-electron chi connectivity index (χ3n) is 5.01. The van der Waals surface area contributed by atoms with Crippen LogP contribution >= 0.6 is 11.6 Å². The van der Waals surface area contributed by atoms with Crippen molar-refractivity contribution in [2.24, 2.45) is 5.92 Å². The molecule has 4 nitrogen and oxygen atoms in total. The highest BCUT2D eigenvalue weighted by atomic mass is 35.5. The fourth-order valence-corrected chi connectivity index (χ4v) is 3.80. The van der Waals surface area contributed by atoms with Crippen LogP contribution in [-0.4, -0.2) is 22.0 Å². The van der Waals surface area contributed by atoms with E-state index in [1.165, 1.54) is 5.56 Å². The summed E-state index contributed by atoms with van der Waals surface area (Å²) in [5, 5.41) is 3.82. The Balaban J connectivity index is 1.76. The lowest BCUT2D eigenvalue weighted by Gasteiger charge is -2.26. The molecular weight excluding hydrogens is 394 g/mol. The normalized spacial score (nSPS) is 11.0. The maximum atomic E-state index is 13.1. The number of anilines is 1. The van der Waals surface area contributed by atoms with E-state index in [9.17, 15) is 4.79 Å². The van der Waals surface area contributed by atoms with Gasteiger partial charge in [-0.15, -0.1) is 0 Å². The fraction of sp³-hybridized carbons (Fsp3) is 0.320. The molecule has 0 aliphatic heterocycles. The predicted molar refractivity (Wildman–Crippen MR) is 125 cm³/mol. The molecule has 0 aliphatic carbocycles. The molecule has 5 heteroatoms. The average Bonchev–Trinajstić information content (AvgIpc) is 3.09. The number of aromatic nitrogens is 1. The standard InChI is InChI=1S/C25H30ClN3O/c1-18(2)15-29(25(30)27-24-11-10-19(3)13-20(24)4)17-23-9-6-12-28(23)16-21-7-5-8-22(26)14-21/h5-14,18H,15-17H2,1-4H3,(H,27,30). The lowest BCUT2D eigenvalue weighted by molar-refractivity contribution is 0.200. The van der Waals surface area contributed by atoms with Crippen LogP contribution in [0.5, 0.6) is 0 Å². The molecule has 3 rings (SSSR count). The van der Waals surface area contributed by atoms with Crippen molar-refractivity contribution in [2.45, 2.75) is 40.8 Å². The maximum Gasteiger partial charge on any atom is 0.322 e. The molecule has 0 fully saturated rings. The first kappa shape index (κ1) is 22.0. The summed E-state index contributed by atoms with van der Waals surface area (Å²) in [6.45, 7) is 10.3. The SMILES string of the molecule is Cc1ccc(NC(=O)N(Cc2cccn2Cc2cccc(Cl)c2)CC(C)C)c(C)c1. The van der Waals surface area contributed by atoms with Crippen molar-refractivity contribution in [3.05, 3.63) is 88.2 Å². The number of aryl methyl sites for hydroxylation is 2. The molecule has 0 spiro atoms. The third kappa shape index (κ3) is 5.90. The second-order valence-corrected chi connectivity index (χ2v) is 8.72. The zero-order valence-corrected chi connectivity index (χ0v) is 18.9. The van der Waals surface area contributed by atoms with Gasteiger partial charge in [-0.2, -0.15) is 0 Å². The zero-order valence-electron chi connectivity index (χ0n) is 18.2. The first-order valence-electron chi connectivity index (χ1n) is 10.3. The molecule has 2 amide bonds. The Morgan fingerprint density at radius 1 is 1.10 bits per heavy atom. The maximum absolute atomic E-state index is 13.1. The summed E-state index contributed by atoms with van der Waals surface area (Å²) >= 11 is 6.14. The Morgan fingerprint density at radius 3 is 2.60 bits per heavy atom. The number of urea groups is 1. The third-order valence-corrected chi connectivity index (χ3v) is 5.25. The van der Waals surface area contributed by atoms with E-state index in [0.29, 0.717) is 19.0 Å². The summed E-state index contributed by atoms with van der Waals surface area (Å²) in [4.78, 5) is 15.0. The van der Waals surface area contributed by atoms with E-state index in [4.69, 9.17) is 11.6 Å². The summed E-state index contributed by atoms with van der Waals surface area (Å²) in [5.74, 6) is 0.367. The number of nitrogens with one attached hydrogen (secondary N) is 1. The van der Waals surface area contributed by atoms with E-state index in [1.807, 2.05) is 54.4 Å². The van der Waals surface area contributed by atoms with Crippen LogP contribution in [0, 0.1) is 19.8 Å².